The number of benzene rings is 2. The Kier molecular flexibility index (Phi) is 2.89. The lowest BCUT2D eigenvalue weighted by atomic mass is 10.0. The molecule has 2 aliphatic rings. The van der Waals surface area contributed by atoms with Crippen molar-refractivity contribution in [2.75, 3.05) is 11.9 Å². The molecule has 22 heavy (non-hydrogen) atoms. The molecule has 2 aromatic carbocycles. The maximum atomic E-state index is 13.8. The third-order valence-corrected chi connectivity index (χ3v) is 4.89. The van der Waals surface area contributed by atoms with Crippen LogP contribution in [0.25, 0.3) is 0 Å². The summed E-state index contributed by atoms with van der Waals surface area (Å²) in [7, 11) is 0. The molecule has 2 aromatic rings. The van der Waals surface area contributed by atoms with Crippen LogP contribution in [0, 0.1) is 27.8 Å². The third kappa shape index (κ3) is 2.04. The number of hydrogen-bond acceptors (Lipinski definition) is 3. The molecule has 0 radical (unpaired) electrons. The van der Waals surface area contributed by atoms with Gasteiger partial charge in [-0.15, -0.1) is 0 Å². The summed E-state index contributed by atoms with van der Waals surface area (Å²) in [6.07, 6.45) is 1.11. The Labute approximate surface area is 127 Å². The van der Waals surface area contributed by atoms with Crippen LogP contribution in [0.15, 0.2) is 42.5 Å². The standard InChI is InChI=1S/C17H15FN2O2/c18-15-8-11(20(21)22)5-6-16(15)19-9-14-13-7-10-3-1-2-4-12(10)17(13)14/h1-6,8,13-14,17,19H,7,9H2. The minimum Gasteiger partial charge on any atom is -0.382 e. The van der Waals surface area contributed by atoms with Crippen molar-refractivity contribution < 1.29 is 9.31 Å². The third-order valence-electron chi connectivity index (χ3n) is 4.89. The maximum absolute atomic E-state index is 13.8. The Morgan fingerprint density at radius 2 is 2.09 bits per heavy atom. The summed E-state index contributed by atoms with van der Waals surface area (Å²) in [6, 6.07) is 12.2. The van der Waals surface area contributed by atoms with Crippen molar-refractivity contribution in [3.05, 3.63) is 69.5 Å². The lowest BCUT2D eigenvalue weighted by Gasteiger charge is -2.10. The van der Waals surface area contributed by atoms with Gasteiger partial charge in [-0.05, 0) is 41.4 Å². The zero-order valence-electron chi connectivity index (χ0n) is 11.8. The number of fused-ring (bicyclic) bond motifs is 3. The molecule has 0 aliphatic heterocycles. The van der Waals surface area contributed by atoms with Crippen LogP contribution in [0.1, 0.15) is 17.0 Å². The number of nitrogens with zero attached hydrogens (tertiary/aromatic N) is 1. The largest absolute Gasteiger partial charge is 0.382 e. The number of anilines is 1. The molecule has 0 heterocycles. The predicted octanol–water partition coefficient (Wildman–Crippen LogP) is 3.73. The van der Waals surface area contributed by atoms with E-state index in [4.69, 9.17) is 0 Å². The molecule has 0 saturated heterocycles. The Morgan fingerprint density at radius 1 is 1.27 bits per heavy atom. The van der Waals surface area contributed by atoms with Crippen molar-refractivity contribution in [3.63, 3.8) is 0 Å². The molecule has 0 aromatic heterocycles. The van der Waals surface area contributed by atoms with Gasteiger partial charge in [-0.2, -0.15) is 0 Å². The fourth-order valence-corrected chi connectivity index (χ4v) is 3.75. The van der Waals surface area contributed by atoms with E-state index in [0.717, 1.165) is 12.5 Å². The molecule has 5 heteroatoms. The summed E-state index contributed by atoms with van der Waals surface area (Å²) in [5, 5.41) is 13.7. The Bertz CT molecular complexity index is 762. The molecule has 112 valence electrons. The summed E-state index contributed by atoms with van der Waals surface area (Å²) in [4.78, 5) is 10.0. The first kappa shape index (κ1) is 13.2. The number of nitro benzene ring substituents is 1. The summed E-state index contributed by atoms with van der Waals surface area (Å²) in [5.74, 6) is 1.21. The lowest BCUT2D eigenvalue weighted by Crippen LogP contribution is -2.09. The number of nitro groups is 1. The molecule has 2 aliphatic carbocycles. The molecular weight excluding hydrogens is 283 g/mol. The SMILES string of the molecule is O=[N+]([O-])c1ccc(NCC2C3Cc4ccccc4C23)c(F)c1. The van der Waals surface area contributed by atoms with Gasteiger partial charge in [-0.3, -0.25) is 10.1 Å². The van der Waals surface area contributed by atoms with Gasteiger partial charge in [0.25, 0.3) is 5.69 Å². The van der Waals surface area contributed by atoms with Gasteiger partial charge in [0.2, 0.25) is 0 Å². The van der Waals surface area contributed by atoms with Crippen LogP contribution >= 0.6 is 0 Å². The van der Waals surface area contributed by atoms with E-state index in [9.17, 15) is 14.5 Å². The minimum atomic E-state index is -0.588. The molecule has 3 unspecified atom stereocenters. The predicted molar refractivity (Wildman–Crippen MR) is 81.4 cm³/mol. The zero-order chi connectivity index (χ0) is 15.3. The van der Waals surface area contributed by atoms with Gasteiger partial charge in [-0.25, -0.2) is 4.39 Å². The number of halogens is 1. The second-order valence-electron chi connectivity index (χ2n) is 6.06. The van der Waals surface area contributed by atoms with Gasteiger partial charge < -0.3 is 5.32 Å². The average Bonchev–Trinajstić information content (AvgIpc) is 3.04. The number of rotatable bonds is 4. The van der Waals surface area contributed by atoms with Crippen LogP contribution in [0.2, 0.25) is 0 Å². The normalized spacial score (nSPS) is 24.5. The quantitative estimate of drug-likeness (QED) is 0.691. The minimum absolute atomic E-state index is 0.222. The summed E-state index contributed by atoms with van der Waals surface area (Å²) in [6.45, 7) is 0.707. The highest BCUT2D eigenvalue weighted by molar-refractivity contribution is 5.51. The molecule has 0 spiro atoms. The molecule has 3 atom stereocenters. The Balaban J connectivity index is 1.42. The summed E-state index contributed by atoms with van der Waals surface area (Å²) in [5.41, 5.74) is 2.99. The second-order valence-corrected chi connectivity index (χ2v) is 6.06. The van der Waals surface area contributed by atoms with E-state index in [2.05, 4.69) is 29.6 Å². The zero-order valence-corrected chi connectivity index (χ0v) is 11.8. The van der Waals surface area contributed by atoms with Gasteiger partial charge in [0, 0.05) is 12.6 Å². The van der Waals surface area contributed by atoms with Crippen LogP contribution in [0.4, 0.5) is 15.8 Å². The van der Waals surface area contributed by atoms with Gasteiger partial charge >= 0.3 is 0 Å². The second kappa shape index (κ2) is 4.80. The fraction of sp³-hybridized carbons (Fsp3) is 0.294. The molecule has 4 nitrogen and oxygen atoms in total. The van der Waals surface area contributed by atoms with Crippen molar-refractivity contribution in [1.82, 2.24) is 0 Å². The Hall–Kier alpha value is -2.43. The fourth-order valence-electron chi connectivity index (χ4n) is 3.75. The first-order valence-corrected chi connectivity index (χ1v) is 7.41. The van der Waals surface area contributed by atoms with Crippen LogP contribution in [0.5, 0.6) is 0 Å². The van der Waals surface area contributed by atoms with Gasteiger partial charge in [0.1, 0.15) is 0 Å². The number of non-ortho nitro benzene ring substituents is 1. The van der Waals surface area contributed by atoms with E-state index in [1.165, 1.54) is 23.3 Å². The van der Waals surface area contributed by atoms with Gasteiger partial charge in [0.15, 0.2) is 5.82 Å². The average molecular weight is 298 g/mol. The highest BCUT2D eigenvalue weighted by Gasteiger charge is 2.54. The monoisotopic (exact) mass is 298 g/mol. The van der Waals surface area contributed by atoms with Crippen molar-refractivity contribution in [2.24, 2.45) is 11.8 Å². The first-order chi connectivity index (χ1) is 10.6. The molecule has 1 saturated carbocycles. The van der Waals surface area contributed by atoms with Gasteiger partial charge in [-0.1, -0.05) is 24.3 Å². The van der Waals surface area contributed by atoms with E-state index < -0.39 is 10.7 Å². The summed E-state index contributed by atoms with van der Waals surface area (Å²) < 4.78 is 13.8. The lowest BCUT2D eigenvalue weighted by molar-refractivity contribution is -0.385. The van der Waals surface area contributed by atoms with E-state index in [0.29, 0.717) is 30.0 Å². The molecule has 1 N–H and O–H groups in total. The first-order valence-electron chi connectivity index (χ1n) is 7.41. The molecule has 1 fully saturated rings. The van der Waals surface area contributed by atoms with Crippen LogP contribution < -0.4 is 5.32 Å². The van der Waals surface area contributed by atoms with Crippen LogP contribution in [-0.2, 0) is 6.42 Å². The van der Waals surface area contributed by atoms with E-state index in [1.807, 2.05) is 0 Å². The highest BCUT2D eigenvalue weighted by Crippen LogP contribution is 2.61. The van der Waals surface area contributed by atoms with E-state index >= 15 is 0 Å². The van der Waals surface area contributed by atoms with Gasteiger partial charge in [0.05, 0.1) is 16.7 Å². The van der Waals surface area contributed by atoms with E-state index in [1.54, 1.807) is 0 Å². The van der Waals surface area contributed by atoms with Crippen molar-refractivity contribution in [2.45, 2.75) is 12.3 Å². The van der Waals surface area contributed by atoms with Crippen molar-refractivity contribution >= 4 is 11.4 Å². The summed E-state index contributed by atoms with van der Waals surface area (Å²) >= 11 is 0. The molecule has 0 bridgehead atoms. The molecular formula is C17H15FN2O2. The highest BCUT2D eigenvalue weighted by atomic mass is 19.1. The van der Waals surface area contributed by atoms with Crippen molar-refractivity contribution in [1.29, 1.82) is 0 Å². The van der Waals surface area contributed by atoms with Crippen molar-refractivity contribution in [3.8, 4) is 0 Å². The topological polar surface area (TPSA) is 55.2 Å². The number of hydrogen-bond donors (Lipinski definition) is 1. The van der Waals surface area contributed by atoms with Crippen LogP contribution in [0.3, 0.4) is 0 Å². The smallest absolute Gasteiger partial charge is 0.272 e. The maximum Gasteiger partial charge on any atom is 0.272 e. The number of nitrogens with one attached hydrogen (secondary N) is 1. The van der Waals surface area contributed by atoms with Crippen LogP contribution in [-0.4, -0.2) is 11.5 Å². The Morgan fingerprint density at radius 3 is 2.86 bits per heavy atom. The molecule has 4 rings (SSSR count). The molecule has 0 amide bonds. The van der Waals surface area contributed by atoms with E-state index in [-0.39, 0.29) is 5.69 Å².